The van der Waals surface area contributed by atoms with Crippen LogP contribution in [0, 0.1) is 27.4 Å². The third-order valence-corrected chi connectivity index (χ3v) is 6.86. The second kappa shape index (κ2) is 6.60. The van der Waals surface area contributed by atoms with Gasteiger partial charge in [0.05, 0.1) is 15.9 Å². The number of nitro groups is 1. The van der Waals surface area contributed by atoms with E-state index in [4.69, 9.17) is 9.15 Å². The topological polar surface area (TPSA) is 129 Å². The number of hydrogen-bond donors (Lipinski definition) is 1. The van der Waals surface area contributed by atoms with E-state index in [1.165, 1.54) is 24.3 Å². The van der Waals surface area contributed by atoms with Crippen molar-refractivity contribution in [1.82, 2.24) is 10.2 Å². The standard InChI is InChI=1S/C21H23N3O6/c1-12(17-22-23-18(30-17)15-2-4-16(5-3-15)24(27)28)29-19(25)20-7-13-6-14(8-20)10-21(26,9-13)11-20/h2-5,12-14,26H,6-11H2,1H3/t12-,13-,14+,20?,21?/m1/s1. The molecule has 6 rings (SSSR count). The predicted octanol–water partition coefficient (Wildman–Crippen LogP) is 3.58. The zero-order chi connectivity index (χ0) is 21.1. The minimum atomic E-state index is -0.736. The predicted molar refractivity (Wildman–Crippen MR) is 103 cm³/mol. The first-order valence-electron chi connectivity index (χ1n) is 10.3. The molecule has 4 bridgehead atoms. The van der Waals surface area contributed by atoms with Crippen LogP contribution in [0.1, 0.15) is 57.4 Å². The van der Waals surface area contributed by atoms with Crippen molar-refractivity contribution in [3.63, 3.8) is 0 Å². The van der Waals surface area contributed by atoms with Gasteiger partial charge in [-0.05, 0) is 69.4 Å². The largest absolute Gasteiger partial charge is 0.452 e. The number of hydrogen-bond acceptors (Lipinski definition) is 8. The third kappa shape index (κ3) is 3.17. The highest BCUT2D eigenvalue weighted by Gasteiger charge is 2.61. The van der Waals surface area contributed by atoms with Crippen LogP contribution in [0.15, 0.2) is 28.7 Å². The Hall–Kier alpha value is -2.81. The molecule has 1 aromatic heterocycles. The first-order valence-corrected chi connectivity index (χ1v) is 10.3. The average molecular weight is 413 g/mol. The molecule has 2 unspecified atom stereocenters. The number of carbonyl (C=O) groups is 1. The fourth-order valence-electron chi connectivity index (χ4n) is 6.03. The SMILES string of the molecule is C[C@@H](OC(=O)C12C[C@@H]3C[C@@H](CC(O)(C3)C1)C2)c1nnc(-c2ccc([N+](=O)[O-])cc2)o1. The summed E-state index contributed by atoms with van der Waals surface area (Å²) >= 11 is 0. The molecule has 4 aliphatic carbocycles. The summed E-state index contributed by atoms with van der Waals surface area (Å²) in [6.45, 7) is 1.68. The number of rotatable bonds is 5. The van der Waals surface area contributed by atoms with Gasteiger partial charge in [0.25, 0.3) is 11.6 Å². The molecule has 1 heterocycles. The Bertz CT molecular complexity index is 986. The van der Waals surface area contributed by atoms with Crippen LogP contribution >= 0.6 is 0 Å². The highest BCUT2D eigenvalue weighted by molar-refractivity contribution is 5.78. The number of aliphatic hydroxyl groups is 1. The number of non-ortho nitro benzene ring substituents is 1. The summed E-state index contributed by atoms with van der Waals surface area (Å²) in [5.41, 5.74) is -0.840. The summed E-state index contributed by atoms with van der Waals surface area (Å²) in [6, 6.07) is 5.78. The minimum Gasteiger partial charge on any atom is -0.452 e. The van der Waals surface area contributed by atoms with Crippen molar-refractivity contribution in [2.24, 2.45) is 17.3 Å². The summed E-state index contributed by atoms with van der Waals surface area (Å²) in [4.78, 5) is 23.4. The van der Waals surface area contributed by atoms with E-state index in [-0.39, 0.29) is 23.4 Å². The molecular formula is C21H23N3O6. The molecule has 0 radical (unpaired) electrons. The van der Waals surface area contributed by atoms with Gasteiger partial charge < -0.3 is 14.3 Å². The van der Waals surface area contributed by atoms with Crippen molar-refractivity contribution in [2.75, 3.05) is 0 Å². The lowest BCUT2D eigenvalue weighted by Gasteiger charge is -2.58. The molecule has 4 fully saturated rings. The highest BCUT2D eigenvalue weighted by atomic mass is 16.6. The Kier molecular flexibility index (Phi) is 4.22. The van der Waals surface area contributed by atoms with Gasteiger partial charge in [-0.2, -0.15) is 0 Å². The summed E-state index contributed by atoms with van der Waals surface area (Å²) in [7, 11) is 0. The molecule has 30 heavy (non-hydrogen) atoms. The van der Waals surface area contributed by atoms with Crippen molar-refractivity contribution >= 4 is 11.7 Å². The Morgan fingerprint density at radius 2 is 1.90 bits per heavy atom. The van der Waals surface area contributed by atoms with Crippen LogP contribution in [0.4, 0.5) is 5.69 Å². The molecule has 5 atom stereocenters. The van der Waals surface area contributed by atoms with Crippen molar-refractivity contribution < 1.29 is 24.0 Å². The Morgan fingerprint density at radius 1 is 1.23 bits per heavy atom. The molecular weight excluding hydrogens is 390 g/mol. The van der Waals surface area contributed by atoms with Crippen molar-refractivity contribution in [3.05, 3.63) is 40.3 Å². The van der Waals surface area contributed by atoms with Crippen LogP contribution in [-0.2, 0) is 9.53 Å². The van der Waals surface area contributed by atoms with Gasteiger partial charge in [-0.1, -0.05) is 0 Å². The van der Waals surface area contributed by atoms with E-state index < -0.39 is 22.0 Å². The number of ether oxygens (including phenoxy) is 1. The number of carbonyl (C=O) groups excluding carboxylic acids is 1. The van der Waals surface area contributed by atoms with E-state index in [0.717, 1.165) is 32.1 Å². The first-order chi connectivity index (χ1) is 14.3. The van der Waals surface area contributed by atoms with Crippen LogP contribution in [-0.4, -0.2) is 31.8 Å². The second-order valence-electron chi connectivity index (χ2n) is 9.26. The van der Waals surface area contributed by atoms with Gasteiger partial charge in [-0.15, -0.1) is 10.2 Å². The maximum Gasteiger partial charge on any atom is 0.312 e. The second-order valence-corrected chi connectivity index (χ2v) is 9.26. The van der Waals surface area contributed by atoms with Gasteiger partial charge in [-0.3, -0.25) is 14.9 Å². The minimum absolute atomic E-state index is 0.0296. The third-order valence-electron chi connectivity index (χ3n) is 6.86. The van der Waals surface area contributed by atoms with Crippen molar-refractivity contribution in [3.8, 4) is 11.5 Å². The molecule has 0 aliphatic heterocycles. The van der Waals surface area contributed by atoms with Gasteiger partial charge in [-0.25, -0.2) is 0 Å². The number of esters is 1. The van der Waals surface area contributed by atoms with Crippen LogP contribution in [0.3, 0.4) is 0 Å². The zero-order valence-electron chi connectivity index (χ0n) is 16.6. The molecule has 9 nitrogen and oxygen atoms in total. The molecule has 4 aliphatic rings. The van der Waals surface area contributed by atoms with Crippen LogP contribution in [0.5, 0.6) is 0 Å². The van der Waals surface area contributed by atoms with Crippen LogP contribution in [0.2, 0.25) is 0 Å². The van der Waals surface area contributed by atoms with E-state index in [2.05, 4.69) is 10.2 Å². The lowest BCUT2D eigenvalue weighted by Crippen LogP contribution is -2.58. The maximum atomic E-state index is 13.1. The summed E-state index contributed by atoms with van der Waals surface area (Å²) in [5.74, 6) is 0.845. The fraction of sp³-hybridized carbons (Fsp3) is 0.571. The zero-order valence-corrected chi connectivity index (χ0v) is 16.6. The molecule has 9 heteroatoms. The highest BCUT2D eigenvalue weighted by Crippen LogP contribution is 2.62. The van der Waals surface area contributed by atoms with Gasteiger partial charge in [0, 0.05) is 17.7 Å². The number of aromatic nitrogens is 2. The van der Waals surface area contributed by atoms with Gasteiger partial charge in [0.15, 0.2) is 6.10 Å². The Labute approximate surface area is 172 Å². The summed E-state index contributed by atoms with van der Waals surface area (Å²) < 4.78 is 11.4. The lowest BCUT2D eigenvalue weighted by atomic mass is 9.48. The maximum absolute atomic E-state index is 13.1. The smallest absolute Gasteiger partial charge is 0.312 e. The van der Waals surface area contributed by atoms with Crippen LogP contribution < -0.4 is 0 Å². The number of nitro benzene ring substituents is 1. The molecule has 0 spiro atoms. The molecule has 1 N–H and O–H groups in total. The lowest BCUT2D eigenvalue weighted by molar-refractivity contribution is -0.384. The monoisotopic (exact) mass is 413 g/mol. The van der Waals surface area contributed by atoms with Gasteiger partial charge >= 0.3 is 5.97 Å². The Balaban J connectivity index is 1.30. The molecule has 0 amide bonds. The summed E-state index contributed by atoms with van der Waals surface area (Å²) in [6.07, 6.45) is 3.96. The van der Waals surface area contributed by atoms with E-state index >= 15 is 0 Å². The molecule has 158 valence electrons. The summed E-state index contributed by atoms with van der Waals surface area (Å²) in [5, 5.41) is 29.6. The normalized spacial score (nSPS) is 32.7. The average Bonchev–Trinajstić information content (AvgIpc) is 3.16. The van der Waals surface area contributed by atoms with Crippen LogP contribution in [0.25, 0.3) is 11.5 Å². The molecule has 1 aromatic carbocycles. The van der Waals surface area contributed by atoms with Gasteiger partial charge in [0.1, 0.15) is 0 Å². The molecule has 2 aromatic rings. The number of nitrogens with zero attached hydrogens (tertiary/aromatic N) is 3. The van der Waals surface area contributed by atoms with E-state index in [0.29, 0.717) is 23.8 Å². The Morgan fingerprint density at radius 3 is 2.50 bits per heavy atom. The van der Waals surface area contributed by atoms with Crippen molar-refractivity contribution in [2.45, 2.75) is 57.2 Å². The first kappa shape index (κ1) is 19.2. The molecule has 0 saturated heterocycles. The van der Waals surface area contributed by atoms with E-state index in [9.17, 15) is 20.0 Å². The van der Waals surface area contributed by atoms with E-state index in [1.54, 1.807) is 6.92 Å². The van der Waals surface area contributed by atoms with E-state index in [1.807, 2.05) is 0 Å². The van der Waals surface area contributed by atoms with Crippen molar-refractivity contribution in [1.29, 1.82) is 0 Å². The quantitative estimate of drug-likeness (QED) is 0.447. The molecule has 4 saturated carbocycles. The van der Waals surface area contributed by atoms with Gasteiger partial charge in [0.2, 0.25) is 5.89 Å². The fourth-order valence-corrected chi connectivity index (χ4v) is 6.03. The number of benzene rings is 1.